The largest absolute Gasteiger partial charge is 0.488 e. The van der Waals surface area contributed by atoms with E-state index in [4.69, 9.17) is 22.1 Å². The Bertz CT molecular complexity index is 342. The molecule has 0 radical (unpaired) electrons. The van der Waals surface area contributed by atoms with Gasteiger partial charge < -0.3 is 10.5 Å². The second-order valence-electron chi connectivity index (χ2n) is 4.35. The lowest BCUT2D eigenvalue weighted by molar-refractivity contribution is 0.130. The van der Waals surface area contributed by atoms with Crippen LogP contribution in [0.15, 0.2) is 12.1 Å². The van der Waals surface area contributed by atoms with E-state index in [1.165, 1.54) is 0 Å². The lowest BCUT2D eigenvalue weighted by Crippen LogP contribution is -2.23. The quantitative estimate of drug-likeness (QED) is 0.726. The number of nitrogens with two attached hydrogens (primary N) is 1. The molecule has 0 saturated carbocycles. The molecule has 0 aliphatic carbocycles. The summed E-state index contributed by atoms with van der Waals surface area (Å²) >= 11 is 5.91. The van der Waals surface area contributed by atoms with Crippen LogP contribution in [0.2, 0.25) is 5.02 Å². The molecule has 2 N–H and O–H groups in total. The highest BCUT2D eigenvalue weighted by atomic mass is 35.5. The Morgan fingerprint density at radius 1 is 1.29 bits per heavy atom. The predicted molar refractivity (Wildman–Crippen MR) is 61.0 cm³/mol. The predicted octanol–water partition coefficient (Wildman–Crippen LogP) is 3.41. The Kier molecular flexibility index (Phi) is 2.95. The summed E-state index contributed by atoms with van der Waals surface area (Å²) in [4.78, 5) is 0. The van der Waals surface area contributed by atoms with Crippen LogP contribution in [0.1, 0.15) is 26.3 Å². The third-order valence-electron chi connectivity index (χ3n) is 1.71. The van der Waals surface area contributed by atoms with E-state index in [-0.39, 0.29) is 5.60 Å². The topological polar surface area (TPSA) is 35.2 Å². The van der Waals surface area contributed by atoms with Crippen LogP contribution in [-0.4, -0.2) is 5.60 Å². The molecule has 1 rings (SSSR count). The lowest BCUT2D eigenvalue weighted by atomic mass is 10.1. The van der Waals surface area contributed by atoms with Crippen molar-refractivity contribution >= 4 is 17.3 Å². The summed E-state index contributed by atoms with van der Waals surface area (Å²) in [6.07, 6.45) is 0. The van der Waals surface area contributed by atoms with Crippen LogP contribution >= 0.6 is 11.6 Å². The fourth-order valence-corrected chi connectivity index (χ4v) is 1.28. The maximum absolute atomic E-state index is 5.91. The van der Waals surface area contributed by atoms with Crippen LogP contribution in [0.4, 0.5) is 5.69 Å². The zero-order chi connectivity index (χ0) is 10.9. The van der Waals surface area contributed by atoms with Gasteiger partial charge in [-0.3, -0.25) is 0 Å². The smallest absolute Gasteiger partial charge is 0.124 e. The average molecular weight is 214 g/mol. The Morgan fingerprint density at radius 3 is 2.36 bits per heavy atom. The molecule has 0 heterocycles. The number of nitrogen functional groups attached to an aromatic ring is 1. The Hall–Kier alpha value is -0.890. The number of halogens is 1. The Labute approximate surface area is 90.0 Å². The van der Waals surface area contributed by atoms with Crippen LogP contribution in [-0.2, 0) is 0 Å². The average Bonchev–Trinajstić information content (AvgIpc) is 1.97. The molecule has 0 spiro atoms. The van der Waals surface area contributed by atoms with Crippen molar-refractivity contribution < 1.29 is 4.74 Å². The lowest BCUT2D eigenvalue weighted by Gasteiger charge is -2.23. The molecular weight excluding hydrogens is 198 g/mol. The molecule has 0 amide bonds. The van der Waals surface area contributed by atoms with Gasteiger partial charge in [0.05, 0.1) is 10.7 Å². The highest BCUT2D eigenvalue weighted by Gasteiger charge is 2.14. The third kappa shape index (κ3) is 2.81. The van der Waals surface area contributed by atoms with E-state index in [0.29, 0.717) is 10.7 Å². The SMILES string of the molecule is Cc1cc(N)c(Cl)cc1OC(C)(C)C. The van der Waals surface area contributed by atoms with E-state index in [1.807, 2.05) is 33.8 Å². The second-order valence-corrected chi connectivity index (χ2v) is 4.76. The van der Waals surface area contributed by atoms with Gasteiger partial charge in [0.2, 0.25) is 0 Å². The second kappa shape index (κ2) is 3.70. The highest BCUT2D eigenvalue weighted by Crippen LogP contribution is 2.30. The zero-order valence-corrected chi connectivity index (χ0v) is 9.77. The standard InChI is InChI=1S/C11H16ClNO/c1-7-5-9(13)8(12)6-10(7)14-11(2,3)4/h5-6H,13H2,1-4H3. The van der Waals surface area contributed by atoms with Gasteiger partial charge in [-0.05, 0) is 39.3 Å². The minimum atomic E-state index is -0.218. The van der Waals surface area contributed by atoms with Gasteiger partial charge in [0.1, 0.15) is 11.4 Å². The fraction of sp³-hybridized carbons (Fsp3) is 0.455. The third-order valence-corrected chi connectivity index (χ3v) is 2.04. The number of aryl methyl sites for hydroxylation is 1. The van der Waals surface area contributed by atoms with Gasteiger partial charge in [-0.1, -0.05) is 11.6 Å². The molecular formula is C11H16ClNO. The number of hydrogen-bond acceptors (Lipinski definition) is 2. The monoisotopic (exact) mass is 213 g/mol. The van der Waals surface area contributed by atoms with Crippen molar-refractivity contribution in [1.29, 1.82) is 0 Å². The first-order valence-electron chi connectivity index (χ1n) is 4.54. The van der Waals surface area contributed by atoms with Crippen molar-refractivity contribution in [2.45, 2.75) is 33.3 Å². The molecule has 1 aromatic carbocycles. The van der Waals surface area contributed by atoms with E-state index in [2.05, 4.69) is 0 Å². The van der Waals surface area contributed by atoms with Gasteiger partial charge >= 0.3 is 0 Å². The first-order chi connectivity index (χ1) is 6.29. The van der Waals surface area contributed by atoms with Crippen LogP contribution in [0.3, 0.4) is 0 Å². The Balaban J connectivity index is 3.04. The molecule has 1 aromatic rings. The van der Waals surface area contributed by atoms with Crippen LogP contribution < -0.4 is 10.5 Å². The molecule has 0 fully saturated rings. The van der Waals surface area contributed by atoms with Gasteiger partial charge in [-0.15, -0.1) is 0 Å². The van der Waals surface area contributed by atoms with Crippen molar-refractivity contribution in [2.75, 3.05) is 5.73 Å². The molecule has 0 bridgehead atoms. The van der Waals surface area contributed by atoms with Crippen molar-refractivity contribution in [2.24, 2.45) is 0 Å². The maximum Gasteiger partial charge on any atom is 0.124 e. The molecule has 0 unspecified atom stereocenters. The molecule has 0 aromatic heterocycles. The molecule has 14 heavy (non-hydrogen) atoms. The zero-order valence-electron chi connectivity index (χ0n) is 9.02. The molecule has 0 atom stereocenters. The molecule has 78 valence electrons. The molecule has 0 saturated heterocycles. The van der Waals surface area contributed by atoms with E-state index in [1.54, 1.807) is 6.07 Å². The summed E-state index contributed by atoms with van der Waals surface area (Å²) in [5, 5.41) is 0.537. The summed E-state index contributed by atoms with van der Waals surface area (Å²) in [6.45, 7) is 7.94. The van der Waals surface area contributed by atoms with Gasteiger partial charge in [0.25, 0.3) is 0 Å². The van der Waals surface area contributed by atoms with Crippen molar-refractivity contribution in [1.82, 2.24) is 0 Å². The van der Waals surface area contributed by atoms with E-state index in [9.17, 15) is 0 Å². The van der Waals surface area contributed by atoms with Gasteiger partial charge in [0.15, 0.2) is 0 Å². The number of benzene rings is 1. The number of ether oxygens (including phenoxy) is 1. The van der Waals surface area contributed by atoms with E-state index in [0.717, 1.165) is 11.3 Å². The van der Waals surface area contributed by atoms with Crippen LogP contribution in [0.5, 0.6) is 5.75 Å². The van der Waals surface area contributed by atoms with E-state index >= 15 is 0 Å². The minimum absolute atomic E-state index is 0.218. The number of anilines is 1. The van der Waals surface area contributed by atoms with Gasteiger partial charge in [0, 0.05) is 6.07 Å². The van der Waals surface area contributed by atoms with E-state index < -0.39 is 0 Å². The normalized spacial score (nSPS) is 11.5. The summed E-state index contributed by atoms with van der Waals surface area (Å²) < 4.78 is 5.73. The highest BCUT2D eigenvalue weighted by molar-refractivity contribution is 6.33. The van der Waals surface area contributed by atoms with Crippen LogP contribution in [0, 0.1) is 6.92 Å². The summed E-state index contributed by atoms with van der Waals surface area (Å²) in [5.74, 6) is 0.789. The van der Waals surface area contributed by atoms with Gasteiger partial charge in [-0.2, -0.15) is 0 Å². The fourth-order valence-electron chi connectivity index (χ4n) is 1.13. The minimum Gasteiger partial charge on any atom is -0.488 e. The molecule has 3 heteroatoms. The first-order valence-corrected chi connectivity index (χ1v) is 4.92. The van der Waals surface area contributed by atoms with Crippen molar-refractivity contribution in [3.63, 3.8) is 0 Å². The summed E-state index contributed by atoms with van der Waals surface area (Å²) in [7, 11) is 0. The number of hydrogen-bond donors (Lipinski definition) is 1. The van der Waals surface area contributed by atoms with Gasteiger partial charge in [-0.25, -0.2) is 0 Å². The summed E-state index contributed by atoms with van der Waals surface area (Å²) in [5.41, 5.74) is 7.04. The van der Waals surface area contributed by atoms with Crippen molar-refractivity contribution in [3.8, 4) is 5.75 Å². The number of rotatable bonds is 1. The molecule has 2 nitrogen and oxygen atoms in total. The molecule has 0 aliphatic heterocycles. The first kappa shape index (κ1) is 11.2. The molecule has 0 aliphatic rings. The summed E-state index contributed by atoms with van der Waals surface area (Å²) in [6, 6.07) is 3.58. The van der Waals surface area contributed by atoms with Crippen LogP contribution in [0.25, 0.3) is 0 Å². The Morgan fingerprint density at radius 2 is 1.86 bits per heavy atom. The maximum atomic E-state index is 5.91. The van der Waals surface area contributed by atoms with Crippen molar-refractivity contribution in [3.05, 3.63) is 22.7 Å².